The fourth-order valence-electron chi connectivity index (χ4n) is 1.68. The van der Waals surface area contributed by atoms with E-state index in [0.717, 1.165) is 0 Å². The average Bonchev–Trinajstić information content (AvgIpc) is 2.22. The van der Waals surface area contributed by atoms with E-state index in [2.05, 4.69) is 0 Å². The van der Waals surface area contributed by atoms with Crippen molar-refractivity contribution < 1.29 is 28.3 Å². The Bertz CT molecular complexity index is 303. The van der Waals surface area contributed by atoms with Crippen LogP contribution in [-0.4, -0.2) is 76.9 Å². The summed E-state index contributed by atoms with van der Waals surface area (Å²) in [6.07, 6.45) is 0. The van der Waals surface area contributed by atoms with E-state index in [1.165, 1.54) is 4.90 Å². The standard InChI is InChI=1S/C9H21NO6S/c1-8(2)10(3-4-17(14,15)16)9(5-11,6-12)7-13/h8,11-13H,3-7H2,1-2H3,(H,14,15,16). The van der Waals surface area contributed by atoms with E-state index >= 15 is 0 Å². The molecule has 0 aliphatic carbocycles. The van der Waals surface area contributed by atoms with Crippen LogP contribution in [0, 0.1) is 0 Å². The maximum atomic E-state index is 10.7. The quantitative estimate of drug-likeness (QED) is 0.389. The topological polar surface area (TPSA) is 118 Å². The first-order chi connectivity index (χ1) is 7.72. The van der Waals surface area contributed by atoms with Gasteiger partial charge in [-0.25, -0.2) is 0 Å². The number of hydrogen-bond donors (Lipinski definition) is 4. The molecule has 0 aliphatic rings. The normalized spacial score (nSPS) is 13.6. The highest BCUT2D eigenvalue weighted by Gasteiger charge is 2.37. The predicted octanol–water partition coefficient (Wildman–Crippen LogP) is -1.70. The lowest BCUT2D eigenvalue weighted by Gasteiger charge is -2.42. The summed E-state index contributed by atoms with van der Waals surface area (Å²) < 4.78 is 30.1. The minimum Gasteiger partial charge on any atom is -0.394 e. The molecule has 17 heavy (non-hydrogen) atoms. The molecule has 0 unspecified atom stereocenters. The van der Waals surface area contributed by atoms with Crippen molar-refractivity contribution in [1.29, 1.82) is 0 Å². The number of hydrogen-bond acceptors (Lipinski definition) is 6. The molecule has 0 amide bonds. The molecule has 0 spiro atoms. The fourth-order valence-corrected chi connectivity index (χ4v) is 2.11. The first-order valence-electron chi connectivity index (χ1n) is 5.27. The Morgan fingerprint density at radius 2 is 1.53 bits per heavy atom. The monoisotopic (exact) mass is 271 g/mol. The van der Waals surface area contributed by atoms with Crippen LogP contribution in [0.2, 0.25) is 0 Å². The molecule has 0 saturated heterocycles. The van der Waals surface area contributed by atoms with Crippen LogP contribution < -0.4 is 0 Å². The van der Waals surface area contributed by atoms with Gasteiger partial charge in [0.15, 0.2) is 0 Å². The number of aliphatic hydroxyl groups excluding tert-OH is 3. The van der Waals surface area contributed by atoms with Crippen LogP contribution in [0.5, 0.6) is 0 Å². The van der Waals surface area contributed by atoms with Crippen molar-refractivity contribution in [3.05, 3.63) is 0 Å². The van der Waals surface area contributed by atoms with Crippen molar-refractivity contribution in [2.24, 2.45) is 0 Å². The van der Waals surface area contributed by atoms with Gasteiger partial charge in [-0.05, 0) is 13.8 Å². The van der Waals surface area contributed by atoms with Gasteiger partial charge in [-0.2, -0.15) is 8.42 Å². The van der Waals surface area contributed by atoms with Crippen molar-refractivity contribution in [3.63, 3.8) is 0 Å². The Balaban J connectivity index is 4.94. The second kappa shape index (κ2) is 6.62. The molecule has 0 aromatic rings. The summed E-state index contributed by atoms with van der Waals surface area (Å²) in [4.78, 5) is 1.46. The van der Waals surface area contributed by atoms with Gasteiger partial charge in [0.2, 0.25) is 0 Å². The summed E-state index contributed by atoms with van der Waals surface area (Å²) in [6, 6.07) is -0.205. The van der Waals surface area contributed by atoms with Gasteiger partial charge in [0.05, 0.1) is 31.1 Å². The van der Waals surface area contributed by atoms with Crippen LogP contribution in [0.1, 0.15) is 13.8 Å². The van der Waals surface area contributed by atoms with Gasteiger partial charge in [0.1, 0.15) is 0 Å². The second-order valence-electron chi connectivity index (χ2n) is 4.27. The molecule has 7 nitrogen and oxygen atoms in total. The molecule has 0 rings (SSSR count). The minimum atomic E-state index is -4.12. The van der Waals surface area contributed by atoms with E-state index in [4.69, 9.17) is 4.55 Å². The summed E-state index contributed by atoms with van der Waals surface area (Å²) in [5.41, 5.74) is -1.29. The van der Waals surface area contributed by atoms with Crippen molar-refractivity contribution in [3.8, 4) is 0 Å². The highest BCUT2D eigenvalue weighted by atomic mass is 32.2. The van der Waals surface area contributed by atoms with Crippen LogP contribution in [0.4, 0.5) is 0 Å². The Morgan fingerprint density at radius 3 is 1.76 bits per heavy atom. The lowest BCUT2D eigenvalue weighted by molar-refractivity contribution is -0.0594. The maximum absolute atomic E-state index is 10.7. The minimum absolute atomic E-state index is 0.0851. The van der Waals surface area contributed by atoms with Crippen LogP contribution in [-0.2, 0) is 10.1 Å². The van der Waals surface area contributed by atoms with E-state index in [9.17, 15) is 23.7 Å². The van der Waals surface area contributed by atoms with Crippen molar-refractivity contribution in [1.82, 2.24) is 4.90 Å². The molecule has 0 aromatic carbocycles. The van der Waals surface area contributed by atoms with Gasteiger partial charge in [-0.15, -0.1) is 0 Å². The Kier molecular flexibility index (Phi) is 6.52. The molecule has 8 heteroatoms. The zero-order valence-electron chi connectivity index (χ0n) is 10.1. The van der Waals surface area contributed by atoms with E-state index in [1.807, 2.05) is 0 Å². The van der Waals surface area contributed by atoms with Gasteiger partial charge in [0.25, 0.3) is 10.1 Å². The smallest absolute Gasteiger partial charge is 0.266 e. The predicted molar refractivity (Wildman–Crippen MR) is 62.2 cm³/mol. The van der Waals surface area contributed by atoms with Gasteiger partial charge in [0, 0.05) is 12.6 Å². The van der Waals surface area contributed by atoms with Gasteiger partial charge in [-0.1, -0.05) is 0 Å². The van der Waals surface area contributed by atoms with Gasteiger partial charge in [-0.3, -0.25) is 9.45 Å². The van der Waals surface area contributed by atoms with Crippen molar-refractivity contribution >= 4 is 10.1 Å². The summed E-state index contributed by atoms with van der Waals surface area (Å²) >= 11 is 0. The first-order valence-corrected chi connectivity index (χ1v) is 6.88. The van der Waals surface area contributed by atoms with Crippen molar-refractivity contribution in [2.45, 2.75) is 25.4 Å². The van der Waals surface area contributed by atoms with E-state index in [1.54, 1.807) is 13.8 Å². The molecule has 0 bridgehead atoms. The van der Waals surface area contributed by atoms with E-state index in [0.29, 0.717) is 0 Å². The molecular formula is C9H21NO6S. The molecule has 104 valence electrons. The maximum Gasteiger partial charge on any atom is 0.266 e. The van der Waals surface area contributed by atoms with Crippen molar-refractivity contribution in [2.75, 3.05) is 32.1 Å². The summed E-state index contributed by atoms with van der Waals surface area (Å²) in [5.74, 6) is -0.521. The average molecular weight is 271 g/mol. The summed E-state index contributed by atoms with van der Waals surface area (Å²) in [5, 5.41) is 27.8. The zero-order valence-corrected chi connectivity index (χ0v) is 10.9. The van der Waals surface area contributed by atoms with Crippen LogP contribution >= 0.6 is 0 Å². The lowest BCUT2D eigenvalue weighted by atomic mass is 9.98. The Labute approximate surface area is 101 Å². The van der Waals surface area contributed by atoms with Gasteiger partial charge < -0.3 is 15.3 Å². The van der Waals surface area contributed by atoms with Crippen LogP contribution in [0.3, 0.4) is 0 Å². The van der Waals surface area contributed by atoms with E-state index < -0.39 is 41.2 Å². The van der Waals surface area contributed by atoms with E-state index in [-0.39, 0.29) is 12.6 Å². The molecule has 4 N–H and O–H groups in total. The molecule has 0 aliphatic heterocycles. The summed E-state index contributed by atoms with van der Waals surface area (Å²) in [6.45, 7) is 1.86. The van der Waals surface area contributed by atoms with Crippen LogP contribution in [0.15, 0.2) is 0 Å². The highest BCUT2D eigenvalue weighted by molar-refractivity contribution is 7.85. The fraction of sp³-hybridized carbons (Fsp3) is 1.00. The highest BCUT2D eigenvalue weighted by Crippen LogP contribution is 2.17. The third kappa shape index (κ3) is 4.86. The molecular weight excluding hydrogens is 250 g/mol. The SMILES string of the molecule is CC(C)N(CCS(=O)(=O)O)C(CO)(CO)CO. The molecule has 0 heterocycles. The molecule has 0 aromatic heterocycles. The number of rotatable bonds is 8. The molecule has 0 radical (unpaired) electrons. The Morgan fingerprint density at radius 1 is 1.12 bits per heavy atom. The third-order valence-corrected chi connectivity index (χ3v) is 3.40. The number of aliphatic hydroxyl groups is 3. The molecule has 0 fully saturated rings. The third-order valence-electron chi connectivity index (χ3n) is 2.71. The lowest BCUT2D eigenvalue weighted by Crippen LogP contribution is -2.60. The first kappa shape index (κ1) is 16.8. The second-order valence-corrected chi connectivity index (χ2v) is 5.84. The van der Waals surface area contributed by atoms with Crippen LogP contribution in [0.25, 0.3) is 0 Å². The largest absolute Gasteiger partial charge is 0.394 e. The van der Waals surface area contributed by atoms with Gasteiger partial charge >= 0.3 is 0 Å². The summed E-state index contributed by atoms with van der Waals surface area (Å²) in [7, 11) is -4.12. The zero-order chi connectivity index (χ0) is 13.7. The molecule has 0 saturated carbocycles. The Hall–Kier alpha value is -0.250. The molecule has 0 atom stereocenters. The number of nitrogens with zero attached hydrogens (tertiary/aromatic N) is 1.